The molecule has 0 aliphatic rings. The molecule has 0 heterocycles. The topological polar surface area (TPSA) is 32.3 Å². The van der Waals surface area contributed by atoms with Crippen LogP contribution in [0.5, 0.6) is 5.75 Å². The van der Waals surface area contributed by atoms with Gasteiger partial charge >= 0.3 is 0 Å². The highest BCUT2D eigenvalue weighted by molar-refractivity contribution is 9.10. The van der Waals surface area contributed by atoms with Gasteiger partial charge in [-0.25, -0.2) is 0 Å². The van der Waals surface area contributed by atoms with Crippen molar-refractivity contribution in [3.05, 3.63) is 56.0 Å². The molecule has 2 aromatic rings. The van der Waals surface area contributed by atoms with Crippen LogP contribution in [-0.2, 0) is 6.54 Å². The second-order valence-corrected chi connectivity index (χ2v) is 5.97. The molecule has 0 fully saturated rings. The smallest absolute Gasteiger partial charge is 0.139 e. The van der Waals surface area contributed by atoms with Crippen LogP contribution >= 0.6 is 39.1 Å². The zero-order valence-electron chi connectivity index (χ0n) is 10.2. The van der Waals surface area contributed by atoms with Gasteiger partial charge in [0, 0.05) is 27.3 Å². The van der Waals surface area contributed by atoms with Crippen LogP contribution in [0.3, 0.4) is 0 Å². The van der Waals surface area contributed by atoms with Crippen molar-refractivity contribution in [2.24, 2.45) is 0 Å². The molecule has 2 rings (SSSR count). The van der Waals surface area contributed by atoms with Crippen LogP contribution in [0.1, 0.15) is 11.1 Å². The van der Waals surface area contributed by atoms with E-state index < -0.39 is 0 Å². The normalized spacial score (nSPS) is 10.5. The Labute approximate surface area is 130 Å². The number of hydrogen-bond acceptors (Lipinski definition) is 2. The number of hydrogen-bond donors (Lipinski definition) is 2. The molecule has 0 saturated heterocycles. The lowest BCUT2D eigenvalue weighted by Gasteiger charge is -2.12. The molecule has 2 N–H and O–H groups in total. The van der Waals surface area contributed by atoms with Crippen molar-refractivity contribution in [2.45, 2.75) is 13.5 Å². The molecule has 0 radical (unpaired) electrons. The molecular weight excluding hydrogens is 349 g/mol. The third kappa shape index (κ3) is 3.56. The minimum absolute atomic E-state index is 0.0633. The molecule has 100 valence electrons. The van der Waals surface area contributed by atoms with Crippen LogP contribution in [0.15, 0.2) is 34.8 Å². The number of aromatic hydroxyl groups is 1. The Morgan fingerprint density at radius 3 is 2.63 bits per heavy atom. The van der Waals surface area contributed by atoms with Crippen molar-refractivity contribution in [1.29, 1.82) is 0 Å². The summed E-state index contributed by atoms with van der Waals surface area (Å²) in [5.41, 5.74) is 2.78. The molecule has 0 atom stereocenters. The first-order valence-corrected chi connectivity index (χ1v) is 7.19. The van der Waals surface area contributed by atoms with Gasteiger partial charge in [-0.1, -0.05) is 39.1 Å². The lowest BCUT2D eigenvalue weighted by molar-refractivity contribution is 0.469. The number of halogens is 3. The molecule has 5 heteroatoms. The molecule has 0 unspecified atom stereocenters. The van der Waals surface area contributed by atoms with E-state index in [4.69, 9.17) is 23.2 Å². The zero-order chi connectivity index (χ0) is 14.0. The van der Waals surface area contributed by atoms with E-state index in [1.807, 2.05) is 25.1 Å². The fraction of sp³-hybridized carbons (Fsp3) is 0.143. The molecule has 0 aromatic heterocycles. The average Bonchev–Trinajstić information content (AvgIpc) is 2.33. The SMILES string of the molecule is Cc1cc(Br)ccc1NCc1cc(Cl)cc(Cl)c1O. The number of phenolic OH excluding ortho intramolecular Hbond substituents is 1. The molecule has 0 aliphatic heterocycles. The van der Waals surface area contributed by atoms with Crippen molar-refractivity contribution in [1.82, 2.24) is 0 Å². The number of nitrogens with one attached hydrogen (secondary N) is 1. The van der Waals surface area contributed by atoms with Crippen LogP contribution in [-0.4, -0.2) is 5.11 Å². The van der Waals surface area contributed by atoms with Crippen LogP contribution in [0.2, 0.25) is 10.0 Å². The molecule has 0 spiro atoms. The van der Waals surface area contributed by atoms with Gasteiger partial charge in [-0.05, 0) is 42.8 Å². The molecule has 19 heavy (non-hydrogen) atoms. The van der Waals surface area contributed by atoms with Gasteiger partial charge in [0.1, 0.15) is 5.75 Å². The summed E-state index contributed by atoms with van der Waals surface area (Å²) in [7, 11) is 0. The summed E-state index contributed by atoms with van der Waals surface area (Å²) in [6.45, 7) is 2.46. The van der Waals surface area contributed by atoms with Gasteiger partial charge < -0.3 is 10.4 Å². The van der Waals surface area contributed by atoms with Gasteiger partial charge in [0.15, 0.2) is 0 Å². The first-order chi connectivity index (χ1) is 8.97. The van der Waals surface area contributed by atoms with Gasteiger partial charge in [-0.2, -0.15) is 0 Å². The van der Waals surface area contributed by atoms with Crippen LogP contribution < -0.4 is 5.32 Å². The first kappa shape index (κ1) is 14.5. The quantitative estimate of drug-likeness (QED) is 0.769. The highest BCUT2D eigenvalue weighted by atomic mass is 79.9. The maximum Gasteiger partial charge on any atom is 0.139 e. The van der Waals surface area contributed by atoms with Gasteiger partial charge in [-0.15, -0.1) is 0 Å². The predicted molar refractivity (Wildman–Crippen MR) is 84.3 cm³/mol. The van der Waals surface area contributed by atoms with E-state index >= 15 is 0 Å². The summed E-state index contributed by atoms with van der Waals surface area (Å²) in [6, 6.07) is 9.17. The minimum Gasteiger partial charge on any atom is -0.506 e. The van der Waals surface area contributed by atoms with E-state index in [0.29, 0.717) is 17.1 Å². The third-order valence-electron chi connectivity index (χ3n) is 2.76. The van der Waals surface area contributed by atoms with Gasteiger partial charge in [-0.3, -0.25) is 0 Å². The van der Waals surface area contributed by atoms with Crippen LogP contribution in [0, 0.1) is 6.92 Å². The average molecular weight is 361 g/mol. The van der Waals surface area contributed by atoms with E-state index in [9.17, 15) is 5.11 Å². The Morgan fingerprint density at radius 2 is 1.95 bits per heavy atom. The van der Waals surface area contributed by atoms with Crippen molar-refractivity contribution < 1.29 is 5.11 Å². The van der Waals surface area contributed by atoms with Crippen molar-refractivity contribution in [3.8, 4) is 5.75 Å². The second-order valence-electron chi connectivity index (χ2n) is 4.21. The minimum atomic E-state index is 0.0633. The largest absolute Gasteiger partial charge is 0.506 e. The Kier molecular flexibility index (Phi) is 4.61. The van der Waals surface area contributed by atoms with Gasteiger partial charge in [0.05, 0.1) is 5.02 Å². The Bertz CT molecular complexity index is 617. The highest BCUT2D eigenvalue weighted by Gasteiger charge is 2.08. The molecule has 2 aromatic carbocycles. The predicted octanol–water partition coefficient (Wildman–Crippen LogP) is 5.38. The van der Waals surface area contributed by atoms with Crippen molar-refractivity contribution >= 4 is 44.8 Å². The summed E-state index contributed by atoms with van der Waals surface area (Å²) in [5, 5.41) is 13.9. The number of benzene rings is 2. The van der Waals surface area contributed by atoms with E-state index in [0.717, 1.165) is 15.7 Å². The lowest BCUT2D eigenvalue weighted by Crippen LogP contribution is -2.01. The van der Waals surface area contributed by atoms with E-state index in [-0.39, 0.29) is 10.8 Å². The fourth-order valence-corrected chi connectivity index (χ4v) is 2.78. The van der Waals surface area contributed by atoms with Crippen LogP contribution in [0.4, 0.5) is 5.69 Å². The maximum atomic E-state index is 9.88. The van der Waals surface area contributed by atoms with Gasteiger partial charge in [0.25, 0.3) is 0 Å². The molecule has 0 aliphatic carbocycles. The maximum absolute atomic E-state index is 9.88. The van der Waals surface area contributed by atoms with Crippen molar-refractivity contribution in [2.75, 3.05) is 5.32 Å². The van der Waals surface area contributed by atoms with Crippen LogP contribution in [0.25, 0.3) is 0 Å². The third-order valence-corrected chi connectivity index (χ3v) is 3.76. The first-order valence-electron chi connectivity index (χ1n) is 5.64. The highest BCUT2D eigenvalue weighted by Crippen LogP contribution is 2.32. The van der Waals surface area contributed by atoms with E-state index in [1.165, 1.54) is 6.07 Å². The fourth-order valence-electron chi connectivity index (χ4n) is 1.77. The molecule has 0 bridgehead atoms. The molecule has 2 nitrogen and oxygen atoms in total. The molecule has 0 amide bonds. The second kappa shape index (κ2) is 6.04. The van der Waals surface area contributed by atoms with E-state index in [1.54, 1.807) is 6.07 Å². The molecule has 0 saturated carbocycles. The summed E-state index contributed by atoms with van der Waals surface area (Å²) in [5.74, 6) is 0.0633. The standard InChI is InChI=1S/C14H12BrCl2NO/c1-8-4-10(15)2-3-13(8)18-7-9-5-11(16)6-12(17)14(9)19/h2-6,18-19H,7H2,1H3. The number of anilines is 1. The van der Waals surface area contributed by atoms with E-state index in [2.05, 4.69) is 21.2 Å². The Balaban J connectivity index is 2.19. The van der Waals surface area contributed by atoms with Crippen molar-refractivity contribution in [3.63, 3.8) is 0 Å². The van der Waals surface area contributed by atoms with Gasteiger partial charge in [0.2, 0.25) is 0 Å². The summed E-state index contributed by atoms with van der Waals surface area (Å²) in [4.78, 5) is 0. The lowest BCUT2D eigenvalue weighted by atomic mass is 10.1. The Hall–Kier alpha value is -0.900. The number of phenols is 1. The zero-order valence-corrected chi connectivity index (χ0v) is 13.3. The monoisotopic (exact) mass is 359 g/mol. The summed E-state index contributed by atoms with van der Waals surface area (Å²) >= 11 is 15.2. The molecular formula is C14H12BrCl2NO. The Morgan fingerprint density at radius 1 is 1.21 bits per heavy atom. The summed E-state index contributed by atoms with van der Waals surface area (Å²) < 4.78 is 1.03. The number of aryl methyl sites for hydroxylation is 1. The summed E-state index contributed by atoms with van der Waals surface area (Å²) in [6.07, 6.45) is 0. The number of rotatable bonds is 3.